The van der Waals surface area contributed by atoms with Crippen molar-refractivity contribution in [3.63, 3.8) is 0 Å². The van der Waals surface area contributed by atoms with Gasteiger partial charge in [-0.05, 0) is 49.0 Å². The molecule has 2 aromatic carbocycles. The van der Waals surface area contributed by atoms with Crippen LogP contribution in [0.2, 0.25) is 0 Å². The van der Waals surface area contributed by atoms with Gasteiger partial charge in [0.1, 0.15) is 17.3 Å². The zero-order valence-corrected chi connectivity index (χ0v) is 21.3. The van der Waals surface area contributed by atoms with Crippen LogP contribution in [0.25, 0.3) is 33.6 Å². The summed E-state index contributed by atoms with van der Waals surface area (Å²) in [5.74, 6) is 2.18. The molecule has 6 rings (SSSR count). The molecule has 9 heteroatoms. The normalized spacial score (nSPS) is 13.3. The number of hydrogen-bond acceptors (Lipinski definition) is 8. The summed E-state index contributed by atoms with van der Waals surface area (Å²) in [6.45, 7) is 0. The van der Waals surface area contributed by atoms with Crippen LogP contribution in [-0.4, -0.2) is 44.0 Å². The van der Waals surface area contributed by atoms with E-state index in [0.717, 1.165) is 53.0 Å². The molecule has 5 aromatic rings. The predicted molar refractivity (Wildman–Crippen MR) is 147 cm³/mol. The van der Waals surface area contributed by atoms with E-state index in [1.165, 1.54) is 18.2 Å². The minimum Gasteiger partial charge on any atom is -0.497 e. The van der Waals surface area contributed by atoms with Crippen LogP contribution in [0.3, 0.4) is 0 Å². The molecular weight excluding hydrogens is 478 g/mol. The fraction of sp³-hybridized carbons (Fsp3) is 0.207. The van der Waals surface area contributed by atoms with Crippen LogP contribution < -0.4 is 14.8 Å². The molecule has 0 bridgehead atoms. The van der Waals surface area contributed by atoms with Gasteiger partial charge in [0.25, 0.3) is 0 Å². The van der Waals surface area contributed by atoms with Gasteiger partial charge in [0, 0.05) is 5.56 Å². The van der Waals surface area contributed by atoms with Crippen LogP contribution in [0, 0.1) is 0 Å². The highest BCUT2D eigenvalue weighted by molar-refractivity contribution is 5.91. The predicted octanol–water partition coefficient (Wildman–Crippen LogP) is 5.97. The minimum atomic E-state index is 0.336. The first kappa shape index (κ1) is 23.6. The highest BCUT2D eigenvalue weighted by atomic mass is 16.5. The average Bonchev–Trinajstić information content (AvgIpc) is 3.37. The molecule has 0 atom stereocenters. The van der Waals surface area contributed by atoms with Crippen LogP contribution in [0.1, 0.15) is 31.2 Å². The largest absolute Gasteiger partial charge is 0.497 e. The lowest BCUT2D eigenvalue weighted by Crippen LogP contribution is -2.08. The van der Waals surface area contributed by atoms with Crippen molar-refractivity contribution in [2.75, 3.05) is 19.5 Å². The number of nitrogens with one attached hydrogen (secondary N) is 1. The van der Waals surface area contributed by atoms with Crippen molar-refractivity contribution < 1.29 is 9.47 Å². The lowest BCUT2D eigenvalue weighted by molar-refractivity contribution is 0.387. The van der Waals surface area contributed by atoms with Gasteiger partial charge in [-0.15, -0.1) is 5.10 Å². The van der Waals surface area contributed by atoms with E-state index in [1.807, 2.05) is 47.0 Å². The third-order valence-electron chi connectivity index (χ3n) is 6.67. The van der Waals surface area contributed by atoms with E-state index in [9.17, 15) is 0 Å². The summed E-state index contributed by atoms with van der Waals surface area (Å²) in [5.41, 5.74) is 6.47. The van der Waals surface area contributed by atoms with Gasteiger partial charge in [-0.3, -0.25) is 0 Å². The molecule has 1 N–H and O–H groups in total. The summed E-state index contributed by atoms with van der Waals surface area (Å²) in [5, 5.41) is 16.5. The van der Waals surface area contributed by atoms with Crippen molar-refractivity contribution in [3.05, 3.63) is 78.6 Å². The molecule has 190 valence electrons. The summed E-state index contributed by atoms with van der Waals surface area (Å²) in [4.78, 5) is 9.47. The van der Waals surface area contributed by atoms with Crippen LogP contribution in [0.4, 0.5) is 11.8 Å². The van der Waals surface area contributed by atoms with E-state index in [2.05, 4.69) is 38.7 Å². The van der Waals surface area contributed by atoms with E-state index in [-0.39, 0.29) is 0 Å². The van der Waals surface area contributed by atoms with Crippen LogP contribution in [0.5, 0.6) is 11.6 Å². The second-order valence-electron chi connectivity index (χ2n) is 8.96. The molecule has 3 aromatic heterocycles. The third kappa shape index (κ3) is 4.32. The van der Waals surface area contributed by atoms with Gasteiger partial charge < -0.3 is 14.8 Å². The highest BCUT2D eigenvalue weighted by Crippen LogP contribution is 2.42. The molecule has 38 heavy (non-hydrogen) atoms. The number of aromatic nitrogens is 6. The lowest BCUT2D eigenvalue weighted by Gasteiger charge is -2.17. The molecule has 1 aliphatic carbocycles. The Balaban J connectivity index is 1.66. The van der Waals surface area contributed by atoms with Crippen LogP contribution in [-0.2, 0) is 0 Å². The van der Waals surface area contributed by atoms with Crippen molar-refractivity contribution >= 4 is 23.0 Å². The van der Waals surface area contributed by atoms with Gasteiger partial charge in [0.2, 0.25) is 11.8 Å². The first-order chi connectivity index (χ1) is 18.8. The van der Waals surface area contributed by atoms with Gasteiger partial charge >= 0.3 is 0 Å². The van der Waals surface area contributed by atoms with Crippen LogP contribution in [0.15, 0.2) is 73.1 Å². The zero-order valence-electron chi connectivity index (χ0n) is 21.3. The quantitative estimate of drug-likeness (QED) is 0.289. The monoisotopic (exact) mass is 505 g/mol. The van der Waals surface area contributed by atoms with Crippen molar-refractivity contribution in [1.29, 1.82) is 0 Å². The Morgan fingerprint density at radius 3 is 2.39 bits per heavy atom. The molecule has 9 nitrogen and oxygen atoms in total. The Kier molecular flexibility index (Phi) is 6.39. The highest BCUT2D eigenvalue weighted by Gasteiger charge is 2.27. The second-order valence-corrected chi connectivity index (χ2v) is 8.96. The van der Waals surface area contributed by atoms with Gasteiger partial charge in [-0.1, -0.05) is 48.5 Å². The smallest absolute Gasteiger partial charge is 0.248 e. The van der Waals surface area contributed by atoms with Gasteiger partial charge in [0.05, 0.1) is 37.7 Å². The molecule has 0 amide bonds. The number of allylic oxidation sites excluding steroid dienone is 2. The van der Waals surface area contributed by atoms with E-state index in [4.69, 9.17) is 19.6 Å². The number of benzene rings is 2. The maximum Gasteiger partial charge on any atom is 0.248 e. The molecule has 0 saturated heterocycles. The van der Waals surface area contributed by atoms with Gasteiger partial charge in [0.15, 0.2) is 5.65 Å². The number of anilines is 2. The number of ether oxygens (including phenoxy) is 2. The maximum atomic E-state index is 6.05. The van der Waals surface area contributed by atoms with Gasteiger partial charge in [-0.2, -0.15) is 14.7 Å². The summed E-state index contributed by atoms with van der Waals surface area (Å²) in [6.07, 6.45) is 9.76. The first-order valence-corrected chi connectivity index (χ1v) is 12.6. The van der Waals surface area contributed by atoms with E-state index < -0.39 is 0 Å². The Labute approximate surface area is 220 Å². The fourth-order valence-electron chi connectivity index (χ4n) is 4.89. The molecule has 0 fully saturated rings. The van der Waals surface area contributed by atoms with Gasteiger partial charge in [-0.25, -0.2) is 9.97 Å². The number of nitrogens with zero attached hydrogens (tertiary/aromatic N) is 6. The van der Waals surface area contributed by atoms with Crippen molar-refractivity contribution in [3.8, 4) is 34.0 Å². The standard InChI is InChI=1S/C29H27N7O2/c1-37-22-15-13-20(14-16-22)24-26(33-29-30-17-18-31-34-29)32-27-23(19-9-5-3-6-10-19)25(21-11-7-4-8-12-21)35-36(27)28(24)38-2/h4,7-9,11-18H,3,5-6,10H2,1-2H3,(H,30,32,33,34). The number of methoxy groups -OCH3 is 2. The minimum absolute atomic E-state index is 0.336. The molecule has 0 radical (unpaired) electrons. The summed E-state index contributed by atoms with van der Waals surface area (Å²) in [7, 11) is 3.29. The van der Waals surface area contributed by atoms with Crippen molar-refractivity contribution in [1.82, 2.24) is 29.8 Å². The molecule has 1 aliphatic rings. The van der Waals surface area contributed by atoms with E-state index in [0.29, 0.717) is 23.3 Å². The van der Waals surface area contributed by atoms with Crippen LogP contribution >= 0.6 is 0 Å². The Morgan fingerprint density at radius 1 is 0.868 bits per heavy atom. The molecule has 0 unspecified atom stereocenters. The van der Waals surface area contributed by atoms with E-state index >= 15 is 0 Å². The first-order valence-electron chi connectivity index (χ1n) is 12.6. The third-order valence-corrected chi connectivity index (χ3v) is 6.67. The number of rotatable bonds is 7. The summed E-state index contributed by atoms with van der Waals surface area (Å²) >= 11 is 0. The summed E-state index contributed by atoms with van der Waals surface area (Å²) < 4.78 is 13.2. The Bertz CT molecular complexity index is 1600. The topological polar surface area (TPSA) is 99.3 Å². The zero-order chi connectivity index (χ0) is 25.9. The maximum absolute atomic E-state index is 6.05. The molecule has 0 saturated carbocycles. The SMILES string of the molecule is COc1ccc(-c2c(Nc3nccnn3)nc3c(C4=CCCCC4)c(-c4ccccc4)nn3c2OC)cc1. The number of fused-ring (bicyclic) bond motifs is 1. The van der Waals surface area contributed by atoms with Crippen molar-refractivity contribution in [2.45, 2.75) is 25.7 Å². The molecular formula is C29H27N7O2. The average molecular weight is 506 g/mol. The molecule has 0 spiro atoms. The lowest BCUT2D eigenvalue weighted by atomic mass is 9.92. The number of hydrogen-bond donors (Lipinski definition) is 1. The fourth-order valence-corrected chi connectivity index (χ4v) is 4.89. The molecule has 0 aliphatic heterocycles. The molecule has 3 heterocycles. The Morgan fingerprint density at radius 2 is 1.71 bits per heavy atom. The summed E-state index contributed by atoms with van der Waals surface area (Å²) in [6, 6.07) is 18.0. The van der Waals surface area contributed by atoms with E-state index in [1.54, 1.807) is 20.4 Å². The Hall–Kier alpha value is -4.79. The van der Waals surface area contributed by atoms with Crippen molar-refractivity contribution in [2.24, 2.45) is 0 Å². The second kappa shape index (κ2) is 10.3.